The average Bonchev–Trinajstić information content (AvgIpc) is 2.62. The second-order valence-electron chi connectivity index (χ2n) is 3.34. The molecule has 1 rings (SSSR count). The smallest absolute Gasteiger partial charge is 0.146 e. The van der Waals surface area contributed by atoms with Gasteiger partial charge in [0.15, 0.2) is 0 Å². The molecule has 5 heteroatoms. The van der Waals surface area contributed by atoms with Gasteiger partial charge in [-0.15, -0.1) is 10.2 Å². The molecular formula is C10H20N4O. The molecule has 1 aromatic heterocycles. The van der Waals surface area contributed by atoms with Crippen molar-refractivity contribution in [1.82, 2.24) is 14.8 Å². The Bertz CT molecular complexity index is 285. The predicted molar refractivity (Wildman–Crippen MR) is 58.4 cm³/mol. The topological polar surface area (TPSA) is 66.0 Å². The van der Waals surface area contributed by atoms with Crippen LogP contribution in [0.15, 0.2) is 0 Å². The molecule has 0 amide bonds. The maximum Gasteiger partial charge on any atom is 0.146 e. The lowest BCUT2D eigenvalue weighted by Crippen LogP contribution is -2.12. The molecule has 2 N–H and O–H groups in total. The van der Waals surface area contributed by atoms with Crippen molar-refractivity contribution in [1.29, 1.82) is 0 Å². The normalized spacial score (nSPS) is 10.9. The summed E-state index contributed by atoms with van der Waals surface area (Å²) in [4.78, 5) is 0. The van der Waals surface area contributed by atoms with Crippen molar-refractivity contribution in [3.8, 4) is 0 Å². The average molecular weight is 212 g/mol. The van der Waals surface area contributed by atoms with Gasteiger partial charge in [0.2, 0.25) is 0 Å². The lowest BCUT2D eigenvalue weighted by Gasteiger charge is -2.07. The number of nitrogens with zero attached hydrogens (tertiary/aromatic N) is 3. The van der Waals surface area contributed by atoms with Crippen molar-refractivity contribution in [3.05, 3.63) is 11.6 Å². The fourth-order valence-corrected chi connectivity index (χ4v) is 1.50. The highest BCUT2D eigenvalue weighted by atomic mass is 16.5. The zero-order valence-corrected chi connectivity index (χ0v) is 9.57. The van der Waals surface area contributed by atoms with E-state index in [0.29, 0.717) is 13.2 Å². The van der Waals surface area contributed by atoms with E-state index in [1.54, 1.807) is 0 Å². The molecule has 0 aliphatic heterocycles. The highest BCUT2D eigenvalue weighted by Crippen LogP contribution is 2.04. The van der Waals surface area contributed by atoms with Crippen molar-refractivity contribution in [2.45, 2.75) is 39.8 Å². The molecule has 0 fully saturated rings. The van der Waals surface area contributed by atoms with Gasteiger partial charge in [-0.1, -0.05) is 6.92 Å². The first-order valence-electron chi connectivity index (χ1n) is 5.52. The molecule has 0 atom stereocenters. The Balaban J connectivity index is 2.64. The van der Waals surface area contributed by atoms with E-state index in [0.717, 1.165) is 37.6 Å². The molecule has 1 aromatic rings. The van der Waals surface area contributed by atoms with E-state index in [1.807, 2.05) is 6.92 Å². The Hall–Kier alpha value is -0.940. The van der Waals surface area contributed by atoms with Gasteiger partial charge >= 0.3 is 0 Å². The Morgan fingerprint density at radius 1 is 1.27 bits per heavy atom. The van der Waals surface area contributed by atoms with E-state index in [9.17, 15) is 0 Å². The summed E-state index contributed by atoms with van der Waals surface area (Å²) in [6.45, 7) is 6.94. The molecule has 5 nitrogen and oxygen atoms in total. The van der Waals surface area contributed by atoms with Gasteiger partial charge in [-0.05, 0) is 13.3 Å². The van der Waals surface area contributed by atoms with E-state index in [4.69, 9.17) is 10.5 Å². The number of hydrogen-bond donors (Lipinski definition) is 1. The minimum Gasteiger partial charge on any atom is -0.381 e. The van der Waals surface area contributed by atoms with Gasteiger partial charge in [-0.2, -0.15) is 0 Å². The van der Waals surface area contributed by atoms with E-state index < -0.39 is 0 Å². The van der Waals surface area contributed by atoms with Crippen LogP contribution in [0.2, 0.25) is 0 Å². The van der Waals surface area contributed by atoms with Crippen LogP contribution in [-0.4, -0.2) is 28.0 Å². The first-order valence-corrected chi connectivity index (χ1v) is 5.52. The van der Waals surface area contributed by atoms with Crippen molar-refractivity contribution < 1.29 is 4.74 Å². The molecule has 0 aliphatic carbocycles. The minimum absolute atomic E-state index is 0.446. The SMILES string of the molecule is CCCn1c(CN)nnc1CCOCC. The summed E-state index contributed by atoms with van der Waals surface area (Å²) >= 11 is 0. The third-order valence-electron chi connectivity index (χ3n) is 2.21. The van der Waals surface area contributed by atoms with E-state index in [1.165, 1.54) is 0 Å². The second-order valence-corrected chi connectivity index (χ2v) is 3.34. The molecule has 0 bridgehead atoms. The lowest BCUT2D eigenvalue weighted by molar-refractivity contribution is 0.148. The molecule has 0 saturated carbocycles. The Morgan fingerprint density at radius 3 is 2.60 bits per heavy atom. The Morgan fingerprint density at radius 2 is 2.00 bits per heavy atom. The van der Waals surface area contributed by atoms with Gasteiger partial charge in [0.05, 0.1) is 13.2 Å². The number of aromatic nitrogens is 3. The quantitative estimate of drug-likeness (QED) is 0.676. The fraction of sp³-hybridized carbons (Fsp3) is 0.800. The molecule has 15 heavy (non-hydrogen) atoms. The first kappa shape index (κ1) is 12.1. The monoisotopic (exact) mass is 212 g/mol. The summed E-state index contributed by atoms with van der Waals surface area (Å²) in [5.74, 6) is 1.84. The number of nitrogens with two attached hydrogens (primary N) is 1. The van der Waals surface area contributed by atoms with E-state index >= 15 is 0 Å². The molecule has 1 heterocycles. The van der Waals surface area contributed by atoms with Gasteiger partial charge in [0, 0.05) is 19.6 Å². The molecule has 0 aliphatic rings. The van der Waals surface area contributed by atoms with Crippen LogP contribution >= 0.6 is 0 Å². The van der Waals surface area contributed by atoms with Gasteiger partial charge in [-0.25, -0.2) is 0 Å². The van der Waals surface area contributed by atoms with Crippen LogP contribution < -0.4 is 5.73 Å². The highest BCUT2D eigenvalue weighted by Gasteiger charge is 2.09. The predicted octanol–water partition coefficient (Wildman–Crippen LogP) is 0.726. The maximum absolute atomic E-state index is 5.59. The highest BCUT2D eigenvalue weighted by molar-refractivity contribution is 4.95. The molecule has 0 radical (unpaired) electrons. The van der Waals surface area contributed by atoms with Crippen LogP contribution in [0.1, 0.15) is 31.9 Å². The van der Waals surface area contributed by atoms with Crippen LogP contribution in [0.4, 0.5) is 0 Å². The molecule has 0 saturated heterocycles. The molecular weight excluding hydrogens is 192 g/mol. The van der Waals surface area contributed by atoms with Crippen LogP contribution in [0.3, 0.4) is 0 Å². The molecule has 0 unspecified atom stereocenters. The van der Waals surface area contributed by atoms with Crippen molar-refractivity contribution in [2.75, 3.05) is 13.2 Å². The van der Waals surface area contributed by atoms with Crippen molar-refractivity contribution in [2.24, 2.45) is 5.73 Å². The minimum atomic E-state index is 0.446. The van der Waals surface area contributed by atoms with Crippen LogP contribution in [0.25, 0.3) is 0 Å². The summed E-state index contributed by atoms with van der Waals surface area (Å²) in [6, 6.07) is 0. The summed E-state index contributed by atoms with van der Waals surface area (Å²) in [6.07, 6.45) is 1.87. The molecule has 0 spiro atoms. The summed E-state index contributed by atoms with van der Waals surface area (Å²) in [7, 11) is 0. The Labute approximate surface area is 90.6 Å². The summed E-state index contributed by atoms with van der Waals surface area (Å²) in [5, 5.41) is 8.19. The number of hydrogen-bond acceptors (Lipinski definition) is 4. The zero-order chi connectivity index (χ0) is 11.1. The van der Waals surface area contributed by atoms with E-state index in [2.05, 4.69) is 21.7 Å². The van der Waals surface area contributed by atoms with Gasteiger partial charge in [0.1, 0.15) is 11.6 Å². The summed E-state index contributed by atoms with van der Waals surface area (Å²) in [5.41, 5.74) is 5.59. The third-order valence-corrected chi connectivity index (χ3v) is 2.21. The van der Waals surface area contributed by atoms with Crippen molar-refractivity contribution in [3.63, 3.8) is 0 Å². The molecule has 86 valence electrons. The molecule has 0 aromatic carbocycles. The van der Waals surface area contributed by atoms with Gasteiger partial charge in [-0.3, -0.25) is 0 Å². The summed E-state index contributed by atoms with van der Waals surface area (Å²) < 4.78 is 7.40. The number of ether oxygens (including phenoxy) is 1. The zero-order valence-electron chi connectivity index (χ0n) is 9.57. The van der Waals surface area contributed by atoms with Crippen LogP contribution in [0, 0.1) is 0 Å². The van der Waals surface area contributed by atoms with E-state index in [-0.39, 0.29) is 0 Å². The van der Waals surface area contributed by atoms with Gasteiger partial charge in [0.25, 0.3) is 0 Å². The fourth-order valence-electron chi connectivity index (χ4n) is 1.50. The number of rotatable bonds is 7. The Kier molecular flexibility index (Phi) is 5.28. The second kappa shape index (κ2) is 6.53. The van der Waals surface area contributed by atoms with Crippen LogP contribution in [-0.2, 0) is 24.2 Å². The largest absolute Gasteiger partial charge is 0.381 e. The maximum atomic E-state index is 5.59. The lowest BCUT2D eigenvalue weighted by atomic mass is 10.4. The standard InChI is InChI=1S/C10H20N4O/c1-3-6-14-9(5-7-15-4-2)12-13-10(14)8-11/h3-8,11H2,1-2H3. The van der Waals surface area contributed by atoms with Crippen molar-refractivity contribution >= 4 is 0 Å². The van der Waals surface area contributed by atoms with Gasteiger partial charge < -0.3 is 15.0 Å². The first-order chi connectivity index (χ1) is 7.33. The third kappa shape index (κ3) is 3.28. The van der Waals surface area contributed by atoms with Crippen LogP contribution in [0.5, 0.6) is 0 Å².